The van der Waals surface area contributed by atoms with Gasteiger partial charge in [-0.05, 0) is 0 Å². The molecule has 0 radical (unpaired) electrons. The maximum Gasteiger partial charge on any atom is 0.525 e. The van der Waals surface area contributed by atoms with Gasteiger partial charge in [0, 0.05) is 0 Å². The van der Waals surface area contributed by atoms with Crippen LogP contribution in [0, 0.1) is 0 Å². The van der Waals surface area contributed by atoms with Crippen LogP contribution in [0.25, 0.3) is 0 Å². The fourth-order valence-electron chi connectivity index (χ4n) is 4.60. The molecule has 0 aromatic rings. The normalized spacial score (nSPS) is 64.0. The van der Waals surface area contributed by atoms with E-state index in [9.17, 15) is 18.8 Å². The lowest BCUT2D eigenvalue weighted by atomic mass is 9.97. The predicted molar refractivity (Wildman–Crippen MR) is 75.8 cm³/mol. The monoisotopic (exact) mass is 521 g/mol. The molecule has 0 amide bonds. The number of hydrogen-bond donors (Lipinski definition) is 1. The van der Waals surface area contributed by atoms with E-state index in [1.807, 2.05) is 0 Å². The van der Waals surface area contributed by atoms with Gasteiger partial charge in [0.1, 0.15) is 6.61 Å². The van der Waals surface area contributed by atoms with Gasteiger partial charge in [-0.3, -0.25) is 4.74 Å². The maximum absolute atomic E-state index is 15.9. The van der Waals surface area contributed by atoms with Crippen LogP contribution in [0.15, 0.2) is 16.7 Å². The molecular formula is C9H3FN3O16P3. The zero-order valence-corrected chi connectivity index (χ0v) is 17.0. The highest BCUT2D eigenvalue weighted by molar-refractivity contribution is 7.50. The number of ether oxygens (including phenoxy) is 2. The standard InChI is InChI=1S/C9H3FN3O16P3/c10-3-2-4-11-9-12(3)8-6(14,22-32(17)27-13(4)28-32)7(20-29-31(16,25-9)26-9)5(19-8,1-18-2)21-30(15,23-7)24-8/h14H,1H2/t5-,6-,7-,8?,9?,30?,31?/m1/s1. The zero-order chi connectivity index (χ0) is 21.8. The maximum atomic E-state index is 15.9. The smallest absolute Gasteiger partial charge is 0.480 e. The van der Waals surface area contributed by atoms with Gasteiger partial charge in [-0.25, -0.2) is 45.7 Å². The molecule has 19 nitrogen and oxygen atoms in total. The second kappa shape index (κ2) is 4.35. The SMILES string of the molecule is O=P12OO[C@@]34OP5(=O)OC67O[C@]3(COC3=C(F)N6C(N=C3N3OP(=O)(O3)O[C@@]74O)(O1)O2)O5. The van der Waals surface area contributed by atoms with E-state index >= 15 is 4.39 Å². The fourth-order valence-corrected chi connectivity index (χ4v) is 8.69. The molecule has 23 heteroatoms. The summed E-state index contributed by atoms with van der Waals surface area (Å²) in [4.78, 5) is 9.10. The Morgan fingerprint density at radius 3 is 2.56 bits per heavy atom. The van der Waals surface area contributed by atoms with Gasteiger partial charge in [0.2, 0.25) is 17.5 Å². The molecule has 0 aromatic heterocycles. The van der Waals surface area contributed by atoms with Crippen LogP contribution >= 0.6 is 23.5 Å². The number of hydroxylamine groups is 2. The summed E-state index contributed by atoms with van der Waals surface area (Å²) in [7, 11) is -14.3. The molecule has 14 aliphatic heterocycles. The van der Waals surface area contributed by atoms with Crippen molar-refractivity contribution in [3.63, 3.8) is 0 Å². The van der Waals surface area contributed by atoms with Gasteiger partial charge >= 0.3 is 47.0 Å². The molecule has 14 rings (SSSR count). The number of aliphatic hydroxyl groups is 1. The van der Waals surface area contributed by atoms with Gasteiger partial charge in [-0.15, -0.1) is 13.9 Å². The van der Waals surface area contributed by atoms with Crippen LogP contribution in [0.4, 0.5) is 4.39 Å². The highest BCUT2D eigenvalue weighted by Gasteiger charge is 3.03. The van der Waals surface area contributed by atoms with E-state index in [0.717, 1.165) is 0 Å². The van der Waals surface area contributed by atoms with Crippen LogP contribution in [0.3, 0.4) is 0 Å². The molecule has 14 heterocycles. The van der Waals surface area contributed by atoms with Gasteiger partial charge in [0.25, 0.3) is 5.79 Å². The molecule has 1 N–H and O–H groups in total. The largest absolute Gasteiger partial charge is 0.525 e. The van der Waals surface area contributed by atoms with Crippen molar-refractivity contribution in [1.29, 1.82) is 0 Å². The molecule has 0 saturated carbocycles. The topological polar surface area (TPSA) is 201 Å². The number of amidine groups is 1. The van der Waals surface area contributed by atoms with Crippen molar-refractivity contribution in [3.05, 3.63) is 11.7 Å². The first kappa shape index (κ1) is 18.3. The molecule has 14 aliphatic rings. The summed E-state index contributed by atoms with van der Waals surface area (Å²) in [5.74, 6) is -15.4. The summed E-state index contributed by atoms with van der Waals surface area (Å²) in [5, 5.41) is 12.1. The molecule has 32 heavy (non-hydrogen) atoms. The van der Waals surface area contributed by atoms with Crippen LogP contribution in [0.5, 0.6) is 0 Å². The number of aliphatic imine (C=N–C) groups is 1. The van der Waals surface area contributed by atoms with Gasteiger partial charge in [0.05, 0.1) is 0 Å². The highest BCUT2D eigenvalue weighted by atomic mass is 31.2. The van der Waals surface area contributed by atoms with Crippen LogP contribution < -0.4 is 0 Å². The summed E-state index contributed by atoms with van der Waals surface area (Å²) in [6.45, 7) is -0.941. The van der Waals surface area contributed by atoms with Gasteiger partial charge in [-0.2, -0.15) is 14.3 Å². The number of fused-ring (bicyclic) bond motifs is 1. The van der Waals surface area contributed by atoms with Crippen LogP contribution in [0.1, 0.15) is 0 Å². The third-order valence-electron chi connectivity index (χ3n) is 5.70. The van der Waals surface area contributed by atoms with Crippen molar-refractivity contribution in [2.75, 3.05) is 6.61 Å². The van der Waals surface area contributed by atoms with Crippen molar-refractivity contribution in [2.45, 2.75) is 29.3 Å². The van der Waals surface area contributed by atoms with E-state index in [2.05, 4.69) is 4.99 Å². The van der Waals surface area contributed by atoms with Crippen molar-refractivity contribution in [3.8, 4) is 0 Å². The molecule has 4 spiro atoms. The zero-order valence-electron chi connectivity index (χ0n) is 14.3. The Bertz CT molecular complexity index is 1300. The molecule has 12 bridgehead atoms. The van der Waals surface area contributed by atoms with Crippen molar-refractivity contribution in [1.82, 2.24) is 10.1 Å². The van der Waals surface area contributed by atoms with Crippen molar-refractivity contribution in [2.24, 2.45) is 4.99 Å². The molecule has 5 atom stereocenters. The molecular weight excluding hydrogens is 518 g/mol. The van der Waals surface area contributed by atoms with E-state index in [-0.39, 0.29) is 4.90 Å². The second-order valence-corrected chi connectivity index (χ2v) is 11.6. The minimum absolute atomic E-state index is 0.166. The van der Waals surface area contributed by atoms with E-state index in [0.29, 0.717) is 5.23 Å². The number of phosphoric acid groups is 3. The lowest BCUT2D eigenvalue weighted by Crippen LogP contribution is -2.78. The minimum atomic E-state index is -4.81. The molecule has 0 aliphatic carbocycles. The average molecular weight is 521 g/mol. The quantitative estimate of drug-likeness (QED) is 0.251. The van der Waals surface area contributed by atoms with Crippen molar-refractivity contribution >= 4 is 29.3 Å². The third kappa shape index (κ3) is 1.47. The lowest BCUT2D eigenvalue weighted by Gasteiger charge is -2.58. The van der Waals surface area contributed by atoms with Crippen LogP contribution in [0.2, 0.25) is 0 Å². The number of rotatable bonds is 0. The van der Waals surface area contributed by atoms with Gasteiger partial charge in [0.15, 0.2) is 0 Å². The number of nitrogens with zero attached hydrogens (tertiary/aromatic N) is 3. The average Bonchev–Trinajstić information content (AvgIpc) is 2.89. The Balaban J connectivity index is 1.49. The molecule has 8 saturated heterocycles. The first-order valence-corrected chi connectivity index (χ1v) is 12.8. The second-order valence-electron chi connectivity index (χ2n) is 7.39. The Labute approximate surface area is 171 Å². The predicted octanol–water partition coefficient (Wildman–Crippen LogP) is -0.135. The first-order chi connectivity index (χ1) is 14.9. The summed E-state index contributed by atoms with van der Waals surface area (Å²) in [6, 6.07) is -2.84. The van der Waals surface area contributed by atoms with Crippen molar-refractivity contribution < 1.29 is 78.6 Å². The molecule has 0 aromatic carbocycles. The van der Waals surface area contributed by atoms with E-state index in [1.54, 1.807) is 0 Å². The number of hydrogen-bond acceptors (Lipinski definition) is 19. The fraction of sp³-hybridized carbons (Fsp3) is 0.667. The van der Waals surface area contributed by atoms with E-state index < -0.39 is 76.9 Å². The number of phosphoric ester groups is 2. The Kier molecular flexibility index (Phi) is 2.49. The summed E-state index contributed by atoms with van der Waals surface area (Å²) < 4.78 is 111. The Morgan fingerprint density at radius 1 is 1.00 bits per heavy atom. The lowest BCUT2D eigenvalue weighted by molar-refractivity contribution is -0.487. The highest BCUT2D eigenvalue weighted by Crippen LogP contribution is 2.87. The summed E-state index contributed by atoms with van der Waals surface area (Å²) >= 11 is 0. The van der Waals surface area contributed by atoms with E-state index in [4.69, 9.17) is 55.4 Å². The number of halogens is 1. The third-order valence-corrected chi connectivity index (χ3v) is 9.54. The van der Waals surface area contributed by atoms with E-state index in [1.165, 1.54) is 0 Å². The van der Waals surface area contributed by atoms with Gasteiger partial charge < -0.3 is 9.84 Å². The van der Waals surface area contributed by atoms with Crippen LogP contribution in [-0.2, 0) is 69.1 Å². The first-order valence-electron chi connectivity index (χ1n) is 8.41. The Hall–Kier alpha value is -1.05. The summed E-state index contributed by atoms with van der Waals surface area (Å²) in [6.07, 6.45) is 0. The Morgan fingerprint density at radius 2 is 1.78 bits per heavy atom. The minimum Gasteiger partial charge on any atom is -0.480 e. The molecule has 172 valence electrons. The molecule has 2 unspecified atom stereocenters. The summed E-state index contributed by atoms with van der Waals surface area (Å²) in [5.41, 5.74) is 0. The van der Waals surface area contributed by atoms with Gasteiger partial charge in [-0.1, -0.05) is 5.23 Å². The van der Waals surface area contributed by atoms with Crippen LogP contribution in [-0.4, -0.2) is 57.0 Å². The molecule has 8 fully saturated rings.